The first kappa shape index (κ1) is 23.6. The first-order valence-electron chi connectivity index (χ1n) is 10.9. The van der Waals surface area contributed by atoms with Crippen molar-refractivity contribution in [2.45, 2.75) is 82.1 Å². The highest BCUT2D eigenvalue weighted by molar-refractivity contribution is 6.71. The van der Waals surface area contributed by atoms with Gasteiger partial charge in [-0.1, -0.05) is 63.4 Å². The molecule has 0 saturated carbocycles. The molecular formula is C23H40O4Si. The summed E-state index contributed by atoms with van der Waals surface area (Å²) in [7, 11) is 2.79. The molecule has 0 spiro atoms. The van der Waals surface area contributed by atoms with E-state index in [1.807, 2.05) is 7.11 Å². The van der Waals surface area contributed by atoms with Gasteiger partial charge in [0.05, 0.1) is 0 Å². The van der Waals surface area contributed by atoms with Crippen molar-refractivity contribution in [2.75, 3.05) is 27.9 Å². The summed E-state index contributed by atoms with van der Waals surface area (Å²) < 4.78 is 25.7. The summed E-state index contributed by atoms with van der Waals surface area (Å²) in [5.41, 5.74) is 0.858. The van der Waals surface area contributed by atoms with Crippen molar-refractivity contribution >= 4 is 8.56 Å². The number of hydrogen-bond acceptors (Lipinski definition) is 4. The minimum Gasteiger partial charge on any atom is -0.396 e. The van der Waals surface area contributed by atoms with Gasteiger partial charge in [-0.25, -0.2) is 0 Å². The Kier molecular flexibility index (Phi) is 9.16. The predicted molar refractivity (Wildman–Crippen MR) is 117 cm³/mol. The Labute approximate surface area is 173 Å². The minimum absolute atomic E-state index is 0.427. The Hall–Kier alpha value is -0.723. The van der Waals surface area contributed by atoms with Crippen LogP contribution in [0.3, 0.4) is 0 Å². The van der Waals surface area contributed by atoms with Crippen LogP contribution in [0.1, 0.15) is 64.4 Å². The molecule has 2 rings (SSSR count). The molecule has 1 aliphatic rings. The normalized spacial score (nSPS) is 27.0. The van der Waals surface area contributed by atoms with Crippen LogP contribution >= 0.6 is 0 Å². The van der Waals surface area contributed by atoms with Gasteiger partial charge in [0.15, 0.2) is 0 Å². The SMILES string of the molecule is CCCCCOC1(Cc2ccccc2)CCC[Si](OC)(OC)C1(CCC)OC. The molecule has 28 heavy (non-hydrogen) atoms. The van der Waals surface area contributed by atoms with Crippen molar-refractivity contribution < 1.29 is 18.3 Å². The maximum Gasteiger partial charge on any atom is 0.373 e. The number of ether oxygens (including phenoxy) is 2. The van der Waals surface area contributed by atoms with E-state index in [-0.39, 0.29) is 0 Å². The molecule has 0 amide bonds. The zero-order valence-electron chi connectivity index (χ0n) is 18.6. The first-order chi connectivity index (χ1) is 13.6. The Bertz CT molecular complexity index is 563. The van der Waals surface area contributed by atoms with Crippen molar-refractivity contribution in [3.63, 3.8) is 0 Å². The van der Waals surface area contributed by atoms with Gasteiger partial charge >= 0.3 is 8.56 Å². The minimum atomic E-state index is -2.64. The lowest BCUT2D eigenvalue weighted by molar-refractivity contribution is -0.192. The van der Waals surface area contributed by atoms with E-state index in [2.05, 4.69) is 44.2 Å². The van der Waals surface area contributed by atoms with Crippen LogP contribution in [0.2, 0.25) is 6.04 Å². The highest BCUT2D eigenvalue weighted by Crippen LogP contribution is 2.52. The lowest BCUT2D eigenvalue weighted by Gasteiger charge is -2.58. The van der Waals surface area contributed by atoms with Crippen LogP contribution < -0.4 is 0 Å². The molecule has 1 saturated heterocycles. The van der Waals surface area contributed by atoms with Gasteiger partial charge in [-0.2, -0.15) is 0 Å². The molecule has 0 N–H and O–H groups in total. The highest BCUT2D eigenvalue weighted by Gasteiger charge is 2.70. The number of benzene rings is 1. The largest absolute Gasteiger partial charge is 0.396 e. The molecular weight excluding hydrogens is 368 g/mol. The molecule has 2 unspecified atom stereocenters. The molecule has 0 aliphatic carbocycles. The van der Waals surface area contributed by atoms with E-state index < -0.39 is 19.4 Å². The lowest BCUT2D eigenvalue weighted by atomic mass is 9.81. The van der Waals surface area contributed by atoms with E-state index >= 15 is 0 Å². The van der Waals surface area contributed by atoms with Crippen LogP contribution in [0.25, 0.3) is 0 Å². The van der Waals surface area contributed by atoms with Crippen LogP contribution in [0.5, 0.6) is 0 Å². The van der Waals surface area contributed by atoms with Gasteiger partial charge in [-0.05, 0) is 37.3 Å². The second-order valence-corrected chi connectivity index (χ2v) is 11.6. The number of methoxy groups -OCH3 is 1. The summed E-state index contributed by atoms with van der Waals surface area (Å²) in [6.07, 6.45) is 8.19. The molecule has 4 nitrogen and oxygen atoms in total. The molecule has 160 valence electrons. The molecule has 2 atom stereocenters. The fourth-order valence-corrected chi connectivity index (χ4v) is 9.41. The van der Waals surface area contributed by atoms with Crippen molar-refractivity contribution in [3.8, 4) is 0 Å². The predicted octanol–water partition coefficient (Wildman–Crippen LogP) is 5.43. The Balaban J connectivity index is 2.52. The molecule has 5 heteroatoms. The van der Waals surface area contributed by atoms with Crippen LogP contribution in [0, 0.1) is 0 Å². The van der Waals surface area contributed by atoms with E-state index in [1.54, 1.807) is 14.2 Å². The summed E-state index contributed by atoms with van der Waals surface area (Å²) >= 11 is 0. The van der Waals surface area contributed by atoms with Gasteiger partial charge in [0, 0.05) is 34.4 Å². The monoisotopic (exact) mass is 408 g/mol. The van der Waals surface area contributed by atoms with E-state index in [0.29, 0.717) is 0 Å². The standard InChI is InChI=1S/C23H40O4Si/c1-6-8-12-18-27-22(20-21-14-10-9-11-15-21)17-13-19-28(25-4,26-5)23(22,24-3)16-7-2/h9-11,14-15H,6-8,12-13,16-20H2,1-5H3. The summed E-state index contributed by atoms with van der Waals surface area (Å²) in [6, 6.07) is 11.6. The van der Waals surface area contributed by atoms with E-state index in [1.165, 1.54) is 18.4 Å². The van der Waals surface area contributed by atoms with Crippen molar-refractivity contribution in [2.24, 2.45) is 0 Å². The number of unbranched alkanes of at least 4 members (excludes halogenated alkanes) is 2. The Morgan fingerprint density at radius 2 is 1.68 bits per heavy atom. The lowest BCUT2D eigenvalue weighted by Crippen LogP contribution is -2.77. The Morgan fingerprint density at radius 1 is 0.964 bits per heavy atom. The van der Waals surface area contributed by atoms with Crippen molar-refractivity contribution in [1.29, 1.82) is 0 Å². The molecule has 0 aromatic heterocycles. The van der Waals surface area contributed by atoms with Crippen LogP contribution in [-0.2, 0) is 24.7 Å². The molecule has 1 aromatic carbocycles. The van der Waals surface area contributed by atoms with Crippen LogP contribution in [0.15, 0.2) is 30.3 Å². The van der Waals surface area contributed by atoms with Crippen LogP contribution in [0.4, 0.5) is 0 Å². The third-order valence-electron chi connectivity index (χ3n) is 6.51. The summed E-state index contributed by atoms with van der Waals surface area (Å²) in [5, 5.41) is -0.529. The second kappa shape index (κ2) is 10.9. The average molecular weight is 409 g/mol. The van der Waals surface area contributed by atoms with Gasteiger partial charge in [-0.3, -0.25) is 0 Å². The zero-order valence-corrected chi connectivity index (χ0v) is 19.6. The molecule has 1 aromatic rings. The summed E-state index contributed by atoms with van der Waals surface area (Å²) in [4.78, 5) is 0. The van der Waals surface area contributed by atoms with E-state index in [4.69, 9.17) is 18.3 Å². The highest BCUT2D eigenvalue weighted by atomic mass is 28.4. The Morgan fingerprint density at radius 3 is 2.25 bits per heavy atom. The van der Waals surface area contributed by atoms with E-state index in [0.717, 1.165) is 51.2 Å². The van der Waals surface area contributed by atoms with Gasteiger partial charge in [0.25, 0.3) is 0 Å². The molecule has 1 aliphatic heterocycles. The average Bonchev–Trinajstić information content (AvgIpc) is 2.73. The van der Waals surface area contributed by atoms with Gasteiger partial charge < -0.3 is 18.3 Å². The van der Waals surface area contributed by atoms with Crippen molar-refractivity contribution in [1.82, 2.24) is 0 Å². The fourth-order valence-electron chi connectivity index (χ4n) is 5.20. The smallest absolute Gasteiger partial charge is 0.373 e. The third-order valence-corrected chi connectivity index (χ3v) is 11.0. The molecule has 0 radical (unpaired) electrons. The summed E-state index contributed by atoms with van der Waals surface area (Å²) in [5.74, 6) is 0. The van der Waals surface area contributed by atoms with Crippen molar-refractivity contribution in [3.05, 3.63) is 35.9 Å². The first-order valence-corrected chi connectivity index (χ1v) is 12.9. The van der Waals surface area contributed by atoms with Gasteiger partial charge in [0.2, 0.25) is 0 Å². The van der Waals surface area contributed by atoms with Gasteiger partial charge in [-0.15, -0.1) is 0 Å². The number of hydrogen-bond donors (Lipinski definition) is 0. The molecule has 0 bridgehead atoms. The van der Waals surface area contributed by atoms with Crippen LogP contribution in [-0.4, -0.2) is 47.3 Å². The second-order valence-electron chi connectivity index (χ2n) is 8.01. The third kappa shape index (κ3) is 4.39. The number of rotatable bonds is 12. The maximum absolute atomic E-state index is 6.84. The topological polar surface area (TPSA) is 36.9 Å². The summed E-state index contributed by atoms with van der Waals surface area (Å²) in [6.45, 7) is 5.20. The van der Waals surface area contributed by atoms with Gasteiger partial charge in [0.1, 0.15) is 10.8 Å². The fraction of sp³-hybridized carbons (Fsp3) is 0.739. The molecule has 1 fully saturated rings. The quantitative estimate of drug-likeness (QED) is 0.341. The molecule has 1 heterocycles. The van der Waals surface area contributed by atoms with E-state index in [9.17, 15) is 0 Å². The zero-order chi connectivity index (χ0) is 20.5. The maximum atomic E-state index is 6.84.